The lowest BCUT2D eigenvalue weighted by Crippen LogP contribution is -2.34. The van der Waals surface area contributed by atoms with E-state index in [2.05, 4.69) is 10.6 Å². The summed E-state index contributed by atoms with van der Waals surface area (Å²) in [6.07, 6.45) is 0. The summed E-state index contributed by atoms with van der Waals surface area (Å²) in [6, 6.07) is 18.6. The van der Waals surface area contributed by atoms with E-state index in [1.165, 1.54) is 7.11 Å². The maximum Gasteiger partial charge on any atom is 0.261 e. The predicted molar refractivity (Wildman–Crippen MR) is 135 cm³/mol. The van der Waals surface area contributed by atoms with E-state index in [1.54, 1.807) is 43.8 Å². The molecule has 0 aliphatic heterocycles. The molecular weight excluding hydrogens is 458 g/mol. The number of thiazole rings is 1. The normalized spacial score (nSPS) is 10.5. The fourth-order valence-electron chi connectivity index (χ4n) is 3.24. The van der Waals surface area contributed by atoms with E-state index in [9.17, 15) is 4.79 Å². The molecule has 0 fully saturated rings. The average Bonchev–Trinajstić information content (AvgIpc) is 3.27. The third-order valence-electron chi connectivity index (χ3n) is 4.87. The van der Waals surface area contributed by atoms with Gasteiger partial charge in [0.25, 0.3) is 5.91 Å². The van der Waals surface area contributed by atoms with Crippen LogP contribution in [0.4, 0.5) is 5.69 Å². The van der Waals surface area contributed by atoms with Gasteiger partial charge in [-0.15, -0.1) is 11.3 Å². The Morgan fingerprint density at radius 2 is 1.73 bits per heavy atom. The molecule has 0 spiro atoms. The molecule has 0 bridgehead atoms. The minimum atomic E-state index is -0.409. The Morgan fingerprint density at radius 1 is 0.939 bits per heavy atom. The first kappa shape index (κ1) is 22.5. The van der Waals surface area contributed by atoms with Crippen LogP contribution in [0.1, 0.15) is 10.4 Å². The van der Waals surface area contributed by atoms with Gasteiger partial charge in [0.2, 0.25) is 0 Å². The Kier molecular flexibility index (Phi) is 6.71. The highest BCUT2D eigenvalue weighted by Crippen LogP contribution is 2.35. The zero-order valence-corrected chi connectivity index (χ0v) is 19.8. The van der Waals surface area contributed by atoms with Crippen LogP contribution in [-0.4, -0.2) is 37.3 Å². The number of thiocarbonyl (C=S) groups is 1. The Balaban J connectivity index is 1.55. The van der Waals surface area contributed by atoms with Crippen molar-refractivity contribution in [3.63, 3.8) is 0 Å². The molecule has 168 valence electrons. The van der Waals surface area contributed by atoms with Crippen molar-refractivity contribution in [1.29, 1.82) is 0 Å². The average molecular weight is 480 g/mol. The fraction of sp³-hybridized carbons (Fsp3) is 0.125. The highest BCUT2D eigenvalue weighted by Gasteiger charge is 2.16. The van der Waals surface area contributed by atoms with Crippen molar-refractivity contribution in [2.75, 3.05) is 26.6 Å². The molecule has 3 aromatic carbocycles. The van der Waals surface area contributed by atoms with Gasteiger partial charge < -0.3 is 19.5 Å². The molecule has 0 saturated carbocycles. The maximum atomic E-state index is 12.8. The second-order valence-electron chi connectivity index (χ2n) is 6.88. The quantitative estimate of drug-likeness (QED) is 0.372. The number of para-hydroxylation sites is 1. The molecule has 2 N–H and O–H groups in total. The number of anilines is 1. The topological polar surface area (TPSA) is 81.7 Å². The van der Waals surface area contributed by atoms with Crippen molar-refractivity contribution >= 4 is 50.5 Å². The molecule has 7 nitrogen and oxygen atoms in total. The highest BCUT2D eigenvalue weighted by molar-refractivity contribution is 7.80. The van der Waals surface area contributed by atoms with Crippen LogP contribution in [0, 0.1) is 0 Å². The number of nitrogens with zero attached hydrogens (tertiary/aromatic N) is 1. The monoisotopic (exact) mass is 479 g/mol. The largest absolute Gasteiger partial charge is 0.497 e. The van der Waals surface area contributed by atoms with Gasteiger partial charge in [-0.25, -0.2) is 4.98 Å². The van der Waals surface area contributed by atoms with E-state index in [4.69, 9.17) is 31.4 Å². The second-order valence-corrected chi connectivity index (χ2v) is 8.32. The van der Waals surface area contributed by atoms with Crippen LogP contribution in [0.3, 0.4) is 0 Å². The third kappa shape index (κ3) is 4.89. The highest BCUT2D eigenvalue weighted by atomic mass is 32.1. The maximum absolute atomic E-state index is 12.8. The Morgan fingerprint density at radius 3 is 2.45 bits per heavy atom. The minimum absolute atomic E-state index is 0.123. The van der Waals surface area contributed by atoms with E-state index >= 15 is 0 Å². The molecule has 0 radical (unpaired) electrons. The first-order chi connectivity index (χ1) is 16.0. The number of carbonyl (C=O) groups is 1. The van der Waals surface area contributed by atoms with Crippen LogP contribution in [0.25, 0.3) is 20.8 Å². The van der Waals surface area contributed by atoms with Gasteiger partial charge in [0.15, 0.2) is 5.11 Å². The van der Waals surface area contributed by atoms with Gasteiger partial charge in [0.1, 0.15) is 22.3 Å². The van der Waals surface area contributed by atoms with Crippen LogP contribution >= 0.6 is 23.6 Å². The van der Waals surface area contributed by atoms with Crippen LogP contribution in [0.5, 0.6) is 17.2 Å². The number of carbonyl (C=O) groups excluding carboxylic acids is 1. The fourth-order valence-corrected chi connectivity index (χ4v) is 4.41. The zero-order valence-electron chi connectivity index (χ0n) is 18.2. The van der Waals surface area contributed by atoms with E-state index in [0.717, 1.165) is 20.8 Å². The Labute approximate surface area is 200 Å². The number of aromatic nitrogens is 1. The standard InChI is InChI=1S/C24H21N3O4S2/c1-29-15-9-10-16(20(13-15)31-3)22(28)27-24(32)26-18-12-14(8-11-19(18)30-2)23-25-17-6-4-5-7-21(17)33-23/h4-13H,1-3H3,(H2,26,27,28,32). The summed E-state index contributed by atoms with van der Waals surface area (Å²) >= 11 is 6.98. The molecule has 4 rings (SSSR count). The molecule has 9 heteroatoms. The number of benzene rings is 3. The summed E-state index contributed by atoms with van der Waals surface area (Å²) in [4.78, 5) is 17.5. The molecule has 0 unspecified atom stereocenters. The summed E-state index contributed by atoms with van der Waals surface area (Å²) in [5.41, 5.74) is 2.79. The number of hydrogen-bond donors (Lipinski definition) is 2. The molecule has 4 aromatic rings. The van der Waals surface area contributed by atoms with Gasteiger partial charge in [-0.05, 0) is 54.7 Å². The van der Waals surface area contributed by atoms with E-state index in [1.807, 2.05) is 42.5 Å². The summed E-state index contributed by atoms with van der Waals surface area (Å²) in [5, 5.41) is 6.73. The lowest BCUT2D eigenvalue weighted by molar-refractivity contribution is 0.0974. The zero-order chi connectivity index (χ0) is 23.4. The van der Waals surface area contributed by atoms with E-state index < -0.39 is 5.91 Å². The van der Waals surface area contributed by atoms with E-state index in [0.29, 0.717) is 28.5 Å². The summed E-state index contributed by atoms with van der Waals surface area (Å²) in [7, 11) is 4.60. The van der Waals surface area contributed by atoms with Crippen molar-refractivity contribution in [2.45, 2.75) is 0 Å². The summed E-state index contributed by atoms with van der Waals surface area (Å²) in [5.74, 6) is 1.14. The smallest absolute Gasteiger partial charge is 0.261 e. The molecule has 1 heterocycles. The molecule has 0 aliphatic rings. The van der Waals surface area contributed by atoms with Crippen LogP contribution in [0.15, 0.2) is 60.7 Å². The van der Waals surface area contributed by atoms with Crippen LogP contribution in [0.2, 0.25) is 0 Å². The SMILES string of the molecule is COc1ccc(C(=O)NC(=S)Nc2cc(-c3nc4ccccc4s3)ccc2OC)c(OC)c1. The van der Waals surface area contributed by atoms with Crippen LogP contribution in [-0.2, 0) is 0 Å². The van der Waals surface area contributed by atoms with Crippen molar-refractivity contribution < 1.29 is 19.0 Å². The number of nitrogens with one attached hydrogen (secondary N) is 2. The number of hydrogen-bond acceptors (Lipinski definition) is 7. The number of ether oxygens (including phenoxy) is 3. The summed E-state index contributed by atoms with van der Waals surface area (Å²) in [6.45, 7) is 0. The first-order valence-electron chi connectivity index (χ1n) is 9.90. The van der Waals surface area contributed by atoms with Gasteiger partial charge in [-0.1, -0.05) is 12.1 Å². The van der Waals surface area contributed by atoms with Gasteiger partial charge in [0, 0.05) is 11.6 Å². The first-order valence-corrected chi connectivity index (χ1v) is 11.1. The van der Waals surface area contributed by atoms with Crippen molar-refractivity contribution in [2.24, 2.45) is 0 Å². The van der Waals surface area contributed by atoms with Gasteiger partial charge >= 0.3 is 0 Å². The van der Waals surface area contributed by atoms with Crippen molar-refractivity contribution in [1.82, 2.24) is 10.3 Å². The van der Waals surface area contributed by atoms with Crippen molar-refractivity contribution in [3.05, 3.63) is 66.2 Å². The molecule has 1 aromatic heterocycles. The molecule has 0 saturated heterocycles. The Hall–Kier alpha value is -3.69. The number of amides is 1. The molecular formula is C24H21N3O4S2. The molecule has 0 atom stereocenters. The molecule has 1 amide bonds. The lowest BCUT2D eigenvalue weighted by Gasteiger charge is -2.15. The number of rotatable bonds is 6. The molecule has 33 heavy (non-hydrogen) atoms. The van der Waals surface area contributed by atoms with Gasteiger partial charge in [-0.3, -0.25) is 10.1 Å². The third-order valence-corrected chi connectivity index (χ3v) is 6.16. The number of methoxy groups -OCH3 is 3. The van der Waals surface area contributed by atoms with Gasteiger partial charge in [-0.2, -0.15) is 0 Å². The predicted octanol–water partition coefficient (Wildman–Crippen LogP) is 5.12. The minimum Gasteiger partial charge on any atom is -0.497 e. The second kappa shape index (κ2) is 9.85. The lowest BCUT2D eigenvalue weighted by atomic mass is 10.1. The summed E-state index contributed by atoms with van der Waals surface area (Å²) < 4.78 is 17.0. The Bertz CT molecular complexity index is 1300. The van der Waals surface area contributed by atoms with Crippen molar-refractivity contribution in [3.8, 4) is 27.8 Å². The van der Waals surface area contributed by atoms with Gasteiger partial charge in [0.05, 0.1) is 42.8 Å². The molecule has 0 aliphatic carbocycles. The number of fused-ring (bicyclic) bond motifs is 1. The van der Waals surface area contributed by atoms with Crippen LogP contribution < -0.4 is 24.8 Å². The van der Waals surface area contributed by atoms with E-state index in [-0.39, 0.29) is 5.11 Å².